The summed E-state index contributed by atoms with van der Waals surface area (Å²) in [6.07, 6.45) is 4.33. The molecule has 5 nitrogen and oxygen atoms in total. The Kier molecular flexibility index (Phi) is 7.67. The van der Waals surface area contributed by atoms with Crippen molar-refractivity contribution in [2.75, 3.05) is 20.3 Å². The fourth-order valence-electron chi connectivity index (χ4n) is 3.87. The summed E-state index contributed by atoms with van der Waals surface area (Å²) in [5, 5.41) is 2.97. The lowest BCUT2D eigenvalue weighted by Gasteiger charge is -2.24. The predicted octanol–water partition coefficient (Wildman–Crippen LogP) is 4.81. The second kappa shape index (κ2) is 10.2. The maximum Gasteiger partial charge on any atom is 0.226 e. The SMILES string of the molecule is COCCN(Cc1csc(COc2cc(C)cc(C)c2C)n1)C(=O)C1CCCC1. The van der Waals surface area contributed by atoms with Gasteiger partial charge >= 0.3 is 0 Å². The second-order valence-corrected chi connectivity index (χ2v) is 8.90. The van der Waals surface area contributed by atoms with E-state index in [2.05, 4.69) is 32.9 Å². The Morgan fingerprint density at radius 2 is 2.00 bits per heavy atom. The highest BCUT2D eigenvalue weighted by molar-refractivity contribution is 7.09. The molecule has 1 aliphatic rings. The van der Waals surface area contributed by atoms with Crippen molar-refractivity contribution in [1.82, 2.24) is 9.88 Å². The number of hydrogen-bond acceptors (Lipinski definition) is 5. The van der Waals surface area contributed by atoms with E-state index in [9.17, 15) is 4.79 Å². The van der Waals surface area contributed by atoms with E-state index in [0.717, 1.165) is 42.1 Å². The lowest BCUT2D eigenvalue weighted by molar-refractivity contribution is -0.136. The van der Waals surface area contributed by atoms with Gasteiger partial charge in [0.2, 0.25) is 5.91 Å². The van der Waals surface area contributed by atoms with Crippen LogP contribution in [0, 0.1) is 26.7 Å². The van der Waals surface area contributed by atoms with Crippen LogP contribution in [0.25, 0.3) is 0 Å². The minimum Gasteiger partial charge on any atom is -0.486 e. The molecule has 3 rings (SSSR count). The lowest BCUT2D eigenvalue weighted by atomic mass is 10.1. The normalized spacial score (nSPS) is 14.3. The fourth-order valence-corrected chi connectivity index (χ4v) is 4.57. The number of hydrogen-bond donors (Lipinski definition) is 0. The molecule has 0 atom stereocenters. The van der Waals surface area contributed by atoms with Crippen LogP contribution in [0.3, 0.4) is 0 Å². The molecule has 1 saturated carbocycles. The van der Waals surface area contributed by atoms with Gasteiger partial charge < -0.3 is 14.4 Å². The molecule has 0 bridgehead atoms. The third kappa shape index (κ3) is 5.80. The van der Waals surface area contributed by atoms with Crippen LogP contribution in [0.1, 0.15) is 53.1 Å². The Labute approximate surface area is 178 Å². The molecule has 1 aliphatic carbocycles. The van der Waals surface area contributed by atoms with Crippen LogP contribution in [0.5, 0.6) is 5.75 Å². The van der Waals surface area contributed by atoms with Crippen LogP contribution in [0.2, 0.25) is 0 Å². The van der Waals surface area contributed by atoms with E-state index in [0.29, 0.717) is 26.3 Å². The first-order valence-electron chi connectivity index (χ1n) is 10.4. The molecule has 0 aliphatic heterocycles. The average molecular weight is 417 g/mol. The molecule has 6 heteroatoms. The molecule has 1 amide bonds. The van der Waals surface area contributed by atoms with Crippen molar-refractivity contribution in [3.8, 4) is 5.75 Å². The standard InChI is InChI=1S/C23H32N2O3S/c1-16-11-17(2)18(3)21(12-16)28-14-22-24-20(15-29-22)13-25(9-10-27-4)23(26)19-7-5-6-8-19/h11-12,15,19H,5-10,13-14H2,1-4H3. The number of ether oxygens (including phenoxy) is 2. The summed E-state index contributed by atoms with van der Waals surface area (Å²) >= 11 is 1.59. The summed E-state index contributed by atoms with van der Waals surface area (Å²) in [7, 11) is 1.67. The monoisotopic (exact) mass is 416 g/mol. The third-order valence-corrected chi connectivity index (χ3v) is 6.52. The largest absolute Gasteiger partial charge is 0.486 e. The lowest BCUT2D eigenvalue weighted by Crippen LogP contribution is -2.37. The first-order valence-corrected chi connectivity index (χ1v) is 11.3. The van der Waals surface area contributed by atoms with Crippen molar-refractivity contribution < 1.29 is 14.3 Å². The van der Waals surface area contributed by atoms with E-state index in [1.807, 2.05) is 10.3 Å². The molecular weight excluding hydrogens is 384 g/mol. The van der Waals surface area contributed by atoms with Crippen LogP contribution < -0.4 is 4.74 Å². The van der Waals surface area contributed by atoms with Gasteiger partial charge in [-0.05, 0) is 56.4 Å². The van der Waals surface area contributed by atoms with Crippen molar-refractivity contribution in [3.63, 3.8) is 0 Å². The second-order valence-electron chi connectivity index (χ2n) is 7.96. The molecule has 1 heterocycles. The highest BCUT2D eigenvalue weighted by Crippen LogP contribution is 2.28. The van der Waals surface area contributed by atoms with Gasteiger partial charge in [0.25, 0.3) is 0 Å². The quantitative estimate of drug-likeness (QED) is 0.588. The van der Waals surface area contributed by atoms with Crippen molar-refractivity contribution in [3.05, 3.63) is 44.9 Å². The minimum atomic E-state index is 0.167. The number of rotatable bonds is 9. The van der Waals surface area contributed by atoms with Crippen LogP contribution in [-0.4, -0.2) is 36.1 Å². The van der Waals surface area contributed by atoms with E-state index in [4.69, 9.17) is 14.5 Å². The summed E-state index contributed by atoms with van der Waals surface area (Å²) in [5.41, 5.74) is 4.52. The van der Waals surface area contributed by atoms with Gasteiger partial charge in [-0.25, -0.2) is 4.98 Å². The third-order valence-electron chi connectivity index (χ3n) is 5.65. The van der Waals surface area contributed by atoms with Crippen molar-refractivity contribution in [2.45, 2.75) is 59.6 Å². The van der Waals surface area contributed by atoms with E-state index >= 15 is 0 Å². The molecule has 158 valence electrons. The maximum absolute atomic E-state index is 12.9. The molecule has 0 spiro atoms. The van der Waals surface area contributed by atoms with Gasteiger partial charge in [-0.2, -0.15) is 0 Å². The molecule has 1 aromatic heterocycles. The Bertz CT molecular complexity index is 828. The molecule has 0 N–H and O–H groups in total. The van der Waals surface area contributed by atoms with Gasteiger partial charge in [-0.1, -0.05) is 18.9 Å². The summed E-state index contributed by atoms with van der Waals surface area (Å²) < 4.78 is 11.3. The first kappa shape index (κ1) is 21.8. The van der Waals surface area contributed by atoms with Crippen LogP contribution in [0.4, 0.5) is 0 Å². The number of carbonyl (C=O) groups is 1. The number of aryl methyl sites for hydroxylation is 2. The van der Waals surface area contributed by atoms with Crippen molar-refractivity contribution in [1.29, 1.82) is 0 Å². The van der Waals surface area contributed by atoms with E-state index in [-0.39, 0.29) is 11.8 Å². The number of aromatic nitrogens is 1. The summed E-state index contributed by atoms with van der Waals surface area (Å²) in [5.74, 6) is 1.33. The Hall–Kier alpha value is -1.92. The molecule has 1 aromatic carbocycles. The summed E-state index contributed by atoms with van der Waals surface area (Å²) in [4.78, 5) is 19.5. The molecule has 0 saturated heterocycles. The van der Waals surface area contributed by atoms with Gasteiger partial charge in [0, 0.05) is 25.0 Å². The summed E-state index contributed by atoms with van der Waals surface area (Å²) in [6, 6.07) is 4.24. The first-order chi connectivity index (χ1) is 14.0. The van der Waals surface area contributed by atoms with Gasteiger partial charge in [0.15, 0.2) is 0 Å². The Morgan fingerprint density at radius 3 is 2.72 bits per heavy atom. The van der Waals surface area contributed by atoms with E-state index in [1.165, 1.54) is 16.7 Å². The number of nitrogens with zero attached hydrogens (tertiary/aromatic N) is 2. The molecule has 29 heavy (non-hydrogen) atoms. The van der Waals surface area contributed by atoms with Gasteiger partial charge in [-0.15, -0.1) is 11.3 Å². The number of carbonyl (C=O) groups excluding carboxylic acids is 1. The van der Waals surface area contributed by atoms with Crippen molar-refractivity contribution >= 4 is 17.2 Å². The average Bonchev–Trinajstić information content (AvgIpc) is 3.38. The minimum absolute atomic E-state index is 0.167. The molecule has 1 fully saturated rings. The zero-order valence-corrected chi connectivity index (χ0v) is 18.8. The Balaban J connectivity index is 1.62. The predicted molar refractivity (Wildman–Crippen MR) is 116 cm³/mol. The van der Waals surface area contributed by atoms with Gasteiger partial charge in [-0.3, -0.25) is 4.79 Å². The van der Waals surface area contributed by atoms with Crippen LogP contribution >= 0.6 is 11.3 Å². The van der Waals surface area contributed by atoms with Crippen LogP contribution in [-0.2, 0) is 22.7 Å². The van der Waals surface area contributed by atoms with Gasteiger partial charge in [0.05, 0.1) is 18.8 Å². The number of benzene rings is 1. The fraction of sp³-hybridized carbons (Fsp3) is 0.565. The summed E-state index contributed by atoms with van der Waals surface area (Å²) in [6.45, 7) is 8.41. The maximum atomic E-state index is 12.9. The highest BCUT2D eigenvalue weighted by atomic mass is 32.1. The number of thiazole rings is 1. The molecular formula is C23H32N2O3S. The van der Waals surface area contributed by atoms with E-state index in [1.54, 1.807) is 18.4 Å². The number of methoxy groups -OCH3 is 1. The van der Waals surface area contributed by atoms with Crippen molar-refractivity contribution in [2.24, 2.45) is 5.92 Å². The zero-order chi connectivity index (χ0) is 20.8. The Morgan fingerprint density at radius 1 is 1.24 bits per heavy atom. The topological polar surface area (TPSA) is 51.7 Å². The highest BCUT2D eigenvalue weighted by Gasteiger charge is 2.27. The zero-order valence-electron chi connectivity index (χ0n) is 18.0. The van der Waals surface area contributed by atoms with E-state index < -0.39 is 0 Å². The molecule has 0 unspecified atom stereocenters. The smallest absolute Gasteiger partial charge is 0.226 e. The van der Waals surface area contributed by atoms with Gasteiger partial charge in [0.1, 0.15) is 17.4 Å². The van der Waals surface area contributed by atoms with Crippen LogP contribution in [0.15, 0.2) is 17.5 Å². The molecule has 2 aromatic rings. The number of amides is 1. The molecule has 0 radical (unpaired) electrons.